The van der Waals surface area contributed by atoms with Crippen molar-refractivity contribution < 1.29 is 9.90 Å². The van der Waals surface area contributed by atoms with Gasteiger partial charge in [0.25, 0.3) is 0 Å². The average Bonchev–Trinajstić information content (AvgIpc) is 3.18. The number of carbonyl (C=O) groups is 1. The van der Waals surface area contributed by atoms with Gasteiger partial charge in [-0.3, -0.25) is 9.47 Å². The van der Waals surface area contributed by atoms with E-state index in [1.165, 1.54) is 11.1 Å². The Morgan fingerprint density at radius 3 is 2.73 bits per heavy atom. The number of benzene rings is 3. The summed E-state index contributed by atoms with van der Waals surface area (Å²) in [6, 6.07) is 22.5. The number of aromatic carboxylic acids is 1. The highest BCUT2D eigenvalue weighted by molar-refractivity contribution is 5.88. The number of aromatic nitrogens is 2. The molecule has 0 saturated carbocycles. The van der Waals surface area contributed by atoms with Gasteiger partial charge in [-0.05, 0) is 60.4 Å². The number of carboxylic acid groups (broad SMARTS) is 1. The Kier molecular flexibility index (Phi) is 4.60. The summed E-state index contributed by atoms with van der Waals surface area (Å²) < 4.78 is 2.16. The van der Waals surface area contributed by atoms with E-state index >= 15 is 0 Å². The van der Waals surface area contributed by atoms with Crippen LogP contribution in [-0.2, 0) is 19.5 Å². The number of nitrogens with zero attached hydrogens (tertiary/aromatic N) is 3. The molecule has 0 aliphatic carbocycles. The topological polar surface area (TPSA) is 58.4 Å². The van der Waals surface area contributed by atoms with Gasteiger partial charge in [-0.15, -0.1) is 0 Å². The summed E-state index contributed by atoms with van der Waals surface area (Å²) in [7, 11) is 0. The first kappa shape index (κ1) is 18.6. The third-order valence-corrected chi connectivity index (χ3v) is 6.04. The van der Waals surface area contributed by atoms with Crippen molar-refractivity contribution in [2.75, 3.05) is 0 Å². The molecule has 150 valence electrons. The predicted octanol–water partition coefficient (Wildman–Crippen LogP) is 4.67. The minimum absolute atomic E-state index is 0.328. The Morgan fingerprint density at radius 1 is 1.07 bits per heavy atom. The molecule has 30 heavy (non-hydrogen) atoms. The molecule has 0 amide bonds. The van der Waals surface area contributed by atoms with E-state index in [4.69, 9.17) is 0 Å². The summed E-state index contributed by atoms with van der Waals surface area (Å²) >= 11 is 0. The van der Waals surface area contributed by atoms with Crippen LogP contribution >= 0.6 is 0 Å². The maximum Gasteiger partial charge on any atom is 0.335 e. The summed E-state index contributed by atoms with van der Waals surface area (Å²) in [4.78, 5) is 18.3. The van der Waals surface area contributed by atoms with Crippen LogP contribution in [0.3, 0.4) is 0 Å². The lowest BCUT2D eigenvalue weighted by Crippen LogP contribution is -2.38. The van der Waals surface area contributed by atoms with E-state index in [1.54, 1.807) is 6.07 Å². The van der Waals surface area contributed by atoms with Crippen LogP contribution in [0.15, 0.2) is 73.1 Å². The summed E-state index contributed by atoms with van der Waals surface area (Å²) in [6.45, 7) is 3.85. The quantitative estimate of drug-likeness (QED) is 0.544. The summed E-state index contributed by atoms with van der Waals surface area (Å²) in [5.41, 5.74) is 7.21. The van der Waals surface area contributed by atoms with Crippen molar-refractivity contribution in [2.24, 2.45) is 0 Å². The number of para-hydroxylation sites is 3. The first-order valence-electron chi connectivity index (χ1n) is 10.2. The van der Waals surface area contributed by atoms with E-state index in [0.717, 1.165) is 41.8 Å². The van der Waals surface area contributed by atoms with Crippen molar-refractivity contribution in [1.82, 2.24) is 14.5 Å². The second kappa shape index (κ2) is 7.43. The van der Waals surface area contributed by atoms with Crippen LogP contribution in [0.1, 0.15) is 34.0 Å². The van der Waals surface area contributed by atoms with E-state index in [9.17, 15) is 9.90 Å². The molecule has 1 aromatic heterocycles. The van der Waals surface area contributed by atoms with Crippen LogP contribution in [0.25, 0.3) is 16.7 Å². The average molecular weight is 397 g/mol. The molecule has 4 aromatic rings. The van der Waals surface area contributed by atoms with Crippen molar-refractivity contribution in [3.05, 3.63) is 95.3 Å². The van der Waals surface area contributed by atoms with Crippen molar-refractivity contribution in [1.29, 1.82) is 0 Å². The maximum atomic E-state index is 11.3. The number of carboxylic acids is 1. The summed E-state index contributed by atoms with van der Waals surface area (Å²) in [5.74, 6) is -0.866. The van der Waals surface area contributed by atoms with Crippen molar-refractivity contribution >= 4 is 17.0 Å². The molecule has 0 saturated heterocycles. The molecule has 5 nitrogen and oxygen atoms in total. The van der Waals surface area contributed by atoms with Gasteiger partial charge in [0, 0.05) is 19.1 Å². The van der Waals surface area contributed by atoms with Crippen LogP contribution < -0.4 is 0 Å². The molecule has 0 spiro atoms. The Bertz CT molecular complexity index is 1240. The number of hydrogen-bond acceptors (Lipinski definition) is 3. The van der Waals surface area contributed by atoms with Gasteiger partial charge in [-0.25, -0.2) is 9.78 Å². The summed E-state index contributed by atoms with van der Waals surface area (Å²) in [5, 5.41) is 9.28. The van der Waals surface area contributed by atoms with Crippen LogP contribution in [0.5, 0.6) is 0 Å². The van der Waals surface area contributed by atoms with Gasteiger partial charge in [0.05, 0.1) is 22.3 Å². The van der Waals surface area contributed by atoms with Gasteiger partial charge in [-0.2, -0.15) is 0 Å². The van der Waals surface area contributed by atoms with Crippen LogP contribution in [-0.4, -0.2) is 31.6 Å². The monoisotopic (exact) mass is 397 g/mol. The smallest absolute Gasteiger partial charge is 0.335 e. The molecule has 1 aliphatic rings. The van der Waals surface area contributed by atoms with Crippen molar-refractivity contribution in [2.45, 2.75) is 32.5 Å². The molecule has 2 heterocycles. The third-order valence-electron chi connectivity index (χ3n) is 6.04. The lowest BCUT2D eigenvalue weighted by Gasteiger charge is -2.35. The Labute approximate surface area is 175 Å². The number of imidazole rings is 1. The SMILES string of the molecule is CC1Cc2cc(C(=O)O)ccc2CN1Cc1ccccc1-n1cnc2ccccc21. The zero-order valence-electron chi connectivity index (χ0n) is 16.8. The predicted molar refractivity (Wildman–Crippen MR) is 117 cm³/mol. The highest BCUT2D eigenvalue weighted by Gasteiger charge is 2.24. The lowest BCUT2D eigenvalue weighted by molar-refractivity contribution is 0.0696. The molecule has 1 N–H and O–H groups in total. The minimum Gasteiger partial charge on any atom is -0.478 e. The maximum absolute atomic E-state index is 11.3. The molecule has 5 rings (SSSR count). The second-order valence-corrected chi connectivity index (χ2v) is 7.98. The Hall–Kier alpha value is -3.44. The number of rotatable bonds is 4. The standard InChI is InChI=1S/C25H23N3O2/c1-17-12-21-13-18(25(29)30)10-11-19(21)14-27(17)15-20-6-2-4-8-23(20)28-16-26-22-7-3-5-9-24(22)28/h2-11,13,16-17H,12,14-15H2,1H3,(H,29,30). The molecule has 5 heteroatoms. The van der Waals surface area contributed by atoms with Gasteiger partial charge in [0.2, 0.25) is 0 Å². The van der Waals surface area contributed by atoms with Crippen molar-refractivity contribution in [3.8, 4) is 5.69 Å². The highest BCUT2D eigenvalue weighted by atomic mass is 16.4. The fourth-order valence-electron chi connectivity index (χ4n) is 4.39. The summed E-state index contributed by atoms with van der Waals surface area (Å²) in [6.07, 6.45) is 2.75. The third kappa shape index (κ3) is 3.27. The van der Waals surface area contributed by atoms with Gasteiger partial charge in [-0.1, -0.05) is 36.4 Å². The van der Waals surface area contributed by atoms with Crippen molar-refractivity contribution in [3.63, 3.8) is 0 Å². The number of fused-ring (bicyclic) bond motifs is 2. The lowest BCUT2D eigenvalue weighted by atomic mass is 9.92. The highest BCUT2D eigenvalue weighted by Crippen LogP contribution is 2.28. The molecule has 0 radical (unpaired) electrons. The van der Waals surface area contributed by atoms with Crippen LogP contribution in [0.2, 0.25) is 0 Å². The van der Waals surface area contributed by atoms with E-state index < -0.39 is 5.97 Å². The molecule has 1 atom stereocenters. The minimum atomic E-state index is -0.866. The molecular formula is C25H23N3O2. The largest absolute Gasteiger partial charge is 0.478 e. The Balaban J connectivity index is 1.46. The van der Waals surface area contributed by atoms with E-state index in [1.807, 2.05) is 36.7 Å². The first-order chi connectivity index (χ1) is 14.6. The zero-order chi connectivity index (χ0) is 20.7. The fraction of sp³-hybridized carbons (Fsp3) is 0.200. The van der Waals surface area contributed by atoms with E-state index in [0.29, 0.717) is 11.6 Å². The molecule has 1 unspecified atom stereocenters. The van der Waals surface area contributed by atoms with Crippen LogP contribution in [0.4, 0.5) is 0 Å². The normalized spacial score (nSPS) is 16.5. The van der Waals surface area contributed by atoms with E-state index in [2.05, 4.69) is 51.7 Å². The fourth-order valence-corrected chi connectivity index (χ4v) is 4.39. The van der Waals surface area contributed by atoms with Gasteiger partial charge < -0.3 is 5.11 Å². The first-order valence-corrected chi connectivity index (χ1v) is 10.2. The Morgan fingerprint density at radius 2 is 1.87 bits per heavy atom. The van der Waals surface area contributed by atoms with E-state index in [-0.39, 0.29) is 0 Å². The molecule has 0 bridgehead atoms. The second-order valence-electron chi connectivity index (χ2n) is 7.98. The zero-order valence-corrected chi connectivity index (χ0v) is 16.8. The van der Waals surface area contributed by atoms with Gasteiger partial charge >= 0.3 is 5.97 Å². The van der Waals surface area contributed by atoms with Gasteiger partial charge in [0.1, 0.15) is 6.33 Å². The molecule has 1 aliphatic heterocycles. The molecule has 0 fully saturated rings. The molecular weight excluding hydrogens is 374 g/mol. The number of hydrogen-bond donors (Lipinski definition) is 1. The van der Waals surface area contributed by atoms with Crippen LogP contribution in [0, 0.1) is 0 Å². The molecule has 3 aromatic carbocycles. The van der Waals surface area contributed by atoms with Gasteiger partial charge in [0.15, 0.2) is 0 Å².